The van der Waals surface area contributed by atoms with Crippen LogP contribution in [0.1, 0.15) is 17.3 Å². The maximum atomic E-state index is 13.2. The second-order valence-electron chi connectivity index (χ2n) is 6.85. The van der Waals surface area contributed by atoms with Gasteiger partial charge in [-0.05, 0) is 43.3 Å². The summed E-state index contributed by atoms with van der Waals surface area (Å²) < 4.78 is 51.5. The first-order valence-electron chi connectivity index (χ1n) is 9.99. The van der Waals surface area contributed by atoms with E-state index in [0.29, 0.717) is 13.2 Å². The van der Waals surface area contributed by atoms with Gasteiger partial charge in [-0.1, -0.05) is 6.07 Å². The Kier molecular flexibility index (Phi) is 7.78. The van der Waals surface area contributed by atoms with E-state index < -0.39 is 27.7 Å². The molecule has 32 heavy (non-hydrogen) atoms. The highest BCUT2D eigenvalue weighted by Gasteiger charge is 2.29. The number of morpholine rings is 1. The van der Waals surface area contributed by atoms with Gasteiger partial charge in [0.15, 0.2) is 0 Å². The van der Waals surface area contributed by atoms with E-state index in [2.05, 4.69) is 10.6 Å². The molecule has 172 valence electrons. The van der Waals surface area contributed by atoms with Crippen LogP contribution in [-0.2, 0) is 19.6 Å². The predicted octanol–water partition coefficient (Wildman–Crippen LogP) is 1.61. The summed E-state index contributed by atoms with van der Waals surface area (Å²) >= 11 is 0. The van der Waals surface area contributed by atoms with Crippen molar-refractivity contribution in [1.29, 1.82) is 0 Å². The van der Waals surface area contributed by atoms with Gasteiger partial charge in [-0.15, -0.1) is 0 Å². The molecule has 2 aromatic carbocycles. The average Bonchev–Trinajstić information content (AvgIpc) is 2.79. The molecule has 1 aliphatic rings. The van der Waals surface area contributed by atoms with Crippen LogP contribution in [0.4, 0.5) is 10.1 Å². The van der Waals surface area contributed by atoms with Gasteiger partial charge in [-0.2, -0.15) is 4.31 Å². The Hall–Kier alpha value is -3.02. The number of ether oxygens (including phenoxy) is 2. The third-order valence-corrected chi connectivity index (χ3v) is 6.53. The molecule has 1 fully saturated rings. The molecule has 0 saturated carbocycles. The Morgan fingerprint density at radius 1 is 1.16 bits per heavy atom. The van der Waals surface area contributed by atoms with Crippen LogP contribution in [0.3, 0.4) is 0 Å². The molecule has 0 aromatic heterocycles. The summed E-state index contributed by atoms with van der Waals surface area (Å²) in [6, 6.07) is 9.38. The van der Waals surface area contributed by atoms with Crippen LogP contribution >= 0.6 is 0 Å². The number of nitrogens with zero attached hydrogens (tertiary/aromatic N) is 1. The number of anilines is 1. The lowest BCUT2D eigenvalue weighted by molar-refractivity contribution is -0.115. The molecule has 0 radical (unpaired) electrons. The van der Waals surface area contributed by atoms with Crippen molar-refractivity contribution in [1.82, 2.24) is 9.62 Å². The number of sulfonamides is 1. The standard InChI is InChI=1S/C21H24FN3O6S/c1-2-31-18-7-6-17(13-19(18)32(28,29)25-8-10-30-11-9-25)24-20(26)14-23-21(27)15-4-3-5-16(22)12-15/h3-7,12-13H,2,8-11,14H2,1H3,(H,23,27)(H,24,26). The first kappa shape index (κ1) is 23.6. The molecular weight excluding hydrogens is 441 g/mol. The predicted molar refractivity (Wildman–Crippen MR) is 115 cm³/mol. The minimum atomic E-state index is -3.87. The number of nitrogens with one attached hydrogen (secondary N) is 2. The molecule has 1 aliphatic heterocycles. The molecular formula is C21H24FN3O6S. The van der Waals surface area contributed by atoms with E-state index in [1.165, 1.54) is 40.7 Å². The van der Waals surface area contributed by atoms with Gasteiger partial charge >= 0.3 is 0 Å². The second-order valence-corrected chi connectivity index (χ2v) is 8.76. The van der Waals surface area contributed by atoms with E-state index in [0.717, 1.165) is 6.07 Å². The van der Waals surface area contributed by atoms with Crippen molar-refractivity contribution in [2.75, 3.05) is 44.8 Å². The third kappa shape index (κ3) is 5.81. The van der Waals surface area contributed by atoms with Crippen LogP contribution in [0.5, 0.6) is 5.75 Å². The minimum Gasteiger partial charge on any atom is -0.492 e. The zero-order chi connectivity index (χ0) is 23.1. The number of hydrogen-bond donors (Lipinski definition) is 2. The van der Waals surface area contributed by atoms with Crippen LogP contribution in [0.15, 0.2) is 47.4 Å². The van der Waals surface area contributed by atoms with Crippen LogP contribution in [-0.4, -0.2) is 64.0 Å². The fourth-order valence-corrected chi connectivity index (χ4v) is 4.65. The molecule has 9 nitrogen and oxygen atoms in total. The van der Waals surface area contributed by atoms with Crippen molar-refractivity contribution < 1.29 is 31.9 Å². The number of rotatable bonds is 8. The summed E-state index contributed by atoms with van der Waals surface area (Å²) in [6.07, 6.45) is 0. The molecule has 0 aliphatic carbocycles. The van der Waals surface area contributed by atoms with Crippen molar-refractivity contribution in [3.05, 3.63) is 53.8 Å². The molecule has 0 unspecified atom stereocenters. The fourth-order valence-electron chi connectivity index (χ4n) is 3.09. The number of carbonyl (C=O) groups excluding carboxylic acids is 2. The summed E-state index contributed by atoms with van der Waals surface area (Å²) in [5, 5.41) is 4.95. The van der Waals surface area contributed by atoms with Crippen LogP contribution in [0.25, 0.3) is 0 Å². The lowest BCUT2D eigenvalue weighted by atomic mass is 10.2. The van der Waals surface area contributed by atoms with E-state index >= 15 is 0 Å². The molecule has 2 N–H and O–H groups in total. The molecule has 0 bridgehead atoms. The van der Waals surface area contributed by atoms with E-state index in [-0.39, 0.29) is 48.1 Å². The second kappa shape index (κ2) is 10.5. The normalized spacial score (nSPS) is 14.6. The minimum absolute atomic E-state index is 0.0668. The van der Waals surface area contributed by atoms with E-state index in [9.17, 15) is 22.4 Å². The van der Waals surface area contributed by atoms with Crippen LogP contribution in [0, 0.1) is 5.82 Å². The molecule has 3 rings (SSSR count). The van der Waals surface area contributed by atoms with E-state index in [4.69, 9.17) is 9.47 Å². The third-order valence-electron chi connectivity index (χ3n) is 4.61. The summed E-state index contributed by atoms with van der Waals surface area (Å²) in [5.41, 5.74) is 0.308. The topological polar surface area (TPSA) is 114 Å². The number of benzene rings is 2. The van der Waals surface area contributed by atoms with Gasteiger partial charge in [0.25, 0.3) is 5.91 Å². The number of hydrogen-bond acceptors (Lipinski definition) is 6. The molecule has 2 amide bonds. The Balaban J connectivity index is 1.71. The first-order chi connectivity index (χ1) is 15.3. The van der Waals surface area contributed by atoms with E-state index in [1.54, 1.807) is 6.92 Å². The largest absolute Gasteiger partial charge is 0.492 e. The van der Waals surface area contributed by atoms with Gasteiger partial charge < -0.3 is 20.1 Å². The van der Waals surface area contributed by atoms with E-state index in [1.807, 2.05) is 0 Å². The fraction of sp³-hybridized carbons (Fsp3) is 0.333. The maximum absolute atomic E-state index is 13.2. The smallest absolute Gasteiger partial charge is 0.251 e. The van der Waals surface area contributed by atoms with Gasteiger partial charge in [0.1, 0.15) is 16.5 Å². The van der Waals surface area contributed by atoms with Crippen LogP contribution in [0.2, 0.25) is 0 Å². The molecule has 11 heteroatoms. The van der Waals surface area contributed by atoms with Crippen molar-refractivity contribution in [2.45, 2.75) is 11.8 Å². The highest BCUT2D eigenvalue weighted by molar-refractivity contribution is 7.89. The maximum Gasteiger partial charge on any atom is 0.251 e. The summed E-state index contributed by atoms with van der Waals surface area (Å²) in [7, 11) is -3.87. The molecule has 1 heterocycles. The monoisotopic (exact) mass is 465 g/mol. The zero-order valence-electron chi connectivity index (χ0n) is 17.5. The molecule has 1 saturated heterocycles. The number of carbonyl (C=O) groups is 2. The van der Waals surface area contributed by atoms with Crippen LogP contribution < -0.4 is 15.4 Å². The van der Waals surface area contributed by atoms with Crippen molar-refractivity contribution in [3.8, 4) is 5.75 Å². The summed E-state index contributed by atoms with van der Waals surface area (Å²) in [4.78, 5) is 24.3. The summed E-state index contributed by atoms with van der Waals surface area (Å²) in [5.74, 6) is -1.57. The average molecular weight is 466 g/mol. The van der Waals surface area contributed by atoms with Gasteiger partial charge in [0.2, 0.25) is 15.9 Å². The van der Waals surface area contributed by atoms with Gasteiger partial charge in [0, 0.05) is 24.3 Å². The highest BCUT2D eigenvalue weighted by Crippen LogP contribution is 2.30. The quantitative estimate of drug-likeness (QED) is 0.612. The van der Waals surface area contributed by atoms with Crippen molar-refractivity contribution in [3.63, 3.8) is 0 Å². The molecule has 2 aromatic rings. The van der Waals surface area contributed by atoms with Crippen molar-refractivity contribution in [2.24, 2.45) is 0 Å². The highest BCUT2D eigenvalue weighted by atomic mass is 32.2. The van der Waals surface area contributed by atoms with Gasteiger partial charge in [0.05, 0.1) is 26.4 Å². The molecule has 0 spiro atoms. The van der Waals surface area contributed by atoms with Gasteiger partial charge in [-0.25, -0.2) is 12.8 Å². The SMILES string of the molecule is CCOc1ccc(NC(=O)CNC(=O)c2cccc(F)c2)cc1S(=O)(=O)N1CCOCC1. The molecule has 0 atom stereocenters. The lowest BCUT2D eigenvalue weighted by Crippen LogP contribution is -2.40. The number of halogens is 1. The Morgan fingerprint density at radius 3 is 2.59 bits per heavy atom. The Labute approximate surface area is 185 Å². The lowest BCUT2D eigenvalue weighted by Gasteiger charge is -2.27. The zero-order valence-corrected chi connectivity index (χ0v) is 18.3. The van der Waals surface area contributed by atoms with Crippen molar-refractivity contribution >= 4 is 27.5 Å². The first-order valence-corrected chi connectivity index (χ1v) is 11.4. The Bertz CT molecular complexity index is 1090. The number of amides is 2. The summed E-state index contributed by atoms with van der Waals surface area (Å²) in [6.45, 7) is 2.65. The Morgan fingerprint density at radius 2 is 1.91 bits per heavy atom. The van der Waals surface area contributed by atoms with Gasteiger partial charge in [-0.3, -0.25) is 9.59 Å².